The molecule has 1 N–H and O–H groups in total. The zero-order valence-electron chi connectivity index (χ0n) is 21.0. The van der Waals surface area contributed by atoms with Crippen molar-refractivity contribution in [3.63, 3.8) is 0 Å². The number of carbonyl (C=O) groups excluding carboxylic acids is 3. The van der Waals surface area contributed by atoms with Gasteiger partial charge in [-0.15, -0.1) is 11.3 Å². The van der Waals surface area contributed by atoms with E-state index < -0.39 is 18.0 Å². The number of nitrogens with zero attached hydrogens (tertiary/aromatic N) is 3. The van der Waals surface area contributed by atoms with Gasteiger partial charge in [0.1, 0.15) is 0 Å². The van der Waals surface area contributed by atoms with Gasteiger partial charge >= 0.3 is 5.97 Å². The molecule has 5 aromatic rings. The lowest BCUT2D eigenvalue weighted by Crippen LogP contribution is -2.30. The molecule has 2 aromatic carbocycles. The van der Waals surface area contributed by atoms with Crippen molar-refractivity contribution in [3.05, 3.63) is 95.0 Å². The number of hydrogen-bond acceptors (Lipinski definition) is 7. The molecule has 0 radical (unpaired) electrons. The number of amides is 1. The summed E-state index contributed by atoms with van der Waals surface area (Å²) < 4.78 is 7.32. The molecule has 3 heterocycles. The van der Waals surface area contributed by atoms with Crippen molar-refractivity contribution in [2.45, 2.75) is 26.9 Å². The van der Waals surface area contributed by atoms with Crippen LogP contribution in [0.15, 0.2) is 78.2 Å². The van der Waals surface area contributed by atoms with E-state index in [0.717, 1.165) is 10.6 Å². The SMILES string of the molecule is CC(=O)c1cccc(NC(=O)[C@H](C)OC(=O)c2cc(-c3cccs3)nc3c2c(C)nn3-c2ccccc2)c1. The molecule has 0 saturated carbocycles. The summed E-state index contributed by atoms with van der Waals surface area (Å²) >= 11 is 1.50. The fraction of sp³-hybridized carbons (Fsp3) is 0.138. The standard InChI is InChI=1S/C29H24N4O4S/c1-17-26-23(29(36)37-19(3)28(35)30-21-10-7-9-20(15-21)18(2)34)16-24(25-13-8-14-38-25)31-27(26)33(32-17)22-11-5-4-6-12-22/h4-16,19H,1-3H3,(H,30,35)/t19-/m0/s1. The Morgan fingerprint density at radius 1 is 1.00 bits per heavy atom. The number of esters is 1. The minimum atomic E-state index is -1.10. The van der Waals surface area contributed by atoms with Crippen LogP contribution in [-0.2, 0) is 9.53 Å². The molecule has 9 heteroatoms. The van der Waals surface area contributed by atoms with E-state index in [9.17, 15) is 14.4 Å². The highest BCUT2D eigenvalue weighted by atomic mass is 32.1. The Labute approximate surface area is 222 Å². The molecule has 0 bridgehead atoms. The van der Waals surface area contributed by atoms with Crippen LogP contribution < -0.4 is 5.32 Å². The second kappa shape index (κ2) is 10.4. The van der Waals surface area contributed by atoms with E-state index in [2.05, 4.69) is 10.4 Å². The van der Waals surface area contributed by atoms with Crippen molar-refractivity contribution in [2.24, 2.45) is 0 Å². The molecule has 0 aliphatic heterocycles. The Balaban J connectivity index is 1.49. The van der Waals surface area contributed by atoms with E-state index in [1.807, 2.05) is 54.8 Å². The Bertz CT molecular complexity index is 1660. The lowest BCUT2D eigenvalue weighted by atomic mass is 10.1. The number of fused-ring (bicyclic) bond motifs is 1. The number of ketones is 1. The van der Waals surface area contributed by atoms with Gasteiger partial charge in [0.2, 0.25) is 0 Å². The average Bonchev–Trinajstić information content (AvgIpc) is 3.57. The minimum absolute atomic E-state index is 0.116. The summed E-state index contributed by atoms with van der Waals surface area (Å²) in [6, 6.07) is 21.7. The first kappa shape index (κ1) is 25.0. The highest BCUT2D eigenvalue weighted by Crippen LogP contribution is 2.31. The van der Waals surface area contributed by atoms with Crippen molar-refractivity contribution in [1.82, 2.24) is 14.8 Å². The summed E-state index contributed by atoms with van der Waals surface area (Å²) in [5.41, 5.74) is 3.73. The highest BCUT2D eigenvalue weighted by Gasteiger charge is 2.25. The third-order valence-corrected chi connectivity index (χ3v) is 6.89. The zero-order valence-corrected chi connectivity index (χ0v) is 21.8. The smallest absolute Gasteiger partial charge is 0.339 e. The van der Waals surface area contributed by atoms with Crippen molar-refractivity contribution in [1.29, 1.82) is 0 Å². The monoisotopic (exact) mass is 524 g/mol. The van der Waals surface area contributed by atoms with E-state index in [1.54, 1.807) is 35.0 Å². The van der Waals surface area contributed by atoms with Crippen LogP contribution in [0.5, 0.6) is 0 Å². The molecular weight excluding hydrogens is 500 g/mol. The molecule has 38 heavy (non-hydrogen) atoms. The van der Waals surface area contributed by atoms with Crippen LogP contribution in [0.3, 0.4) is 0 Å². The normalized spacial score (nSPS) is 11.8. The summed E-state index contributed by atoms with van der Waals surface area (Å²) in [7, 11) is 0. The minimum Gasteiger partial charge on any atom is -0.449 e. The summed E-state index contributed by atoms with van der Waals surface area (Å²) in [5, 5.41) is 9.86. The second-order valence-corrected chi connectivity index (χ2v) is 9.69. The first-order valence-electron chi connectivity index (χ1n) is 11.9. The van der Waals surface area contributed by atoms with E-state index in [1.165, 1.54) is 25.2 Å². The van der Waals surface area contributed by atoms with E-state index in [4.69, 9.17) is 9.72 Å². The molecule has 1 amide bonds. The first-order valence-corrected chi connectivity index (χ1v) is 12.8. The number of aromatic nitrogens is 3. The molecule has 190 valence electrons. The summed E-state index contributed by atoms with van der Waals surface area (Å²) in [4.78, 5) is 43.7. The zero-order chi connectivity index (χ0) is 26.8. The summed E-state index contributed by atoms with van der Waals surface area (Å²) in [6.45, 7) is 4.76. The van der Waals surface area contributed by atoms with Gasteiger partial charge in [-0.3, -0.25) is 9.59 Å². The molecule has 5 rings (SSSR count). The van der Waals surface area contributed by atoms with Gasteiger partial charge in [0.25, 0.3) is 5.91 Å². The number of benzene rings is 2. The molecule has 8 nitrogen and oxygen atoms in total. The molecule has 0 saturated heterocycles. The number of pyridine rings is 1. The fourth-order valence-corrected chi connectivity index (χ4v) is 4.77. The van der Waals surface area contributed by atoms with Crippen LogP contribution in [0.1, 0.15) is 40.3 Å². The number of rotatable bonds is 7. The quantitative estimate of drug-likeness (QED) is 0.212. The lowest BCUT2D eigenvalue weighted by molar-refractivity contribution is -0.123. The molecule has 0 unspecified atom stereocenters. The van der Waals surface area contributed by atoms with Gasteiger partial charge in [-0.25, -0.2) is 14.5 Å². The van der Waals surface area contributed by atoms with Gasteiger partial charge in [0.05, 0.1) is 32.9 Å². The van der Waals surface area contributed by atoms with E-state index in [0.29, 0.717) is 33.7 Å². The van der Waals surface area contributed by atoms with Crippen LogP contribution in [-0.4, -0.2) is 38.5 Å². The van der Waals surface area contributed by atoms with Crippen molar-refractivity contribution in [3.8, 4) is 16.3 Å². The van der Waals surface area contributed by atoms with Crippen molar-refractivity contribution in [2.75, 3.05) is 5.32 Å². The molecule has 0 aliphatic rings. The van der Waals surface area contributed by atoms with Gasteiger partial charge in [-0.1, -0.05) is 36.4 Å². The topological polar surface area (TPSA) is 103 Å². The molecule has 0 spiro atoms. The number of Topliss-reactive ketones (excluding diaryl/α,β-unsaturated/α-hetero) is 1. The average molecular weight is 525 g/mol. The van der Waals surface area contributed by atoms with Crippen LogP contribution in [0.25, 0.3) is 27.3 Å². The maximum absolute atomic E-state index is 13.5. The number of carbonyl (C=O) groups is 3. The number of aryl methyl sites for hydroxylation is 1. The second-order valence-electron chi connectivity index (χ2n) is 8.74. The number of ether oxygens (including phenoxy) is 1. The van der Waals surface area contributed by atoms with Crippen molar-refractivity contribution >= 4 is 45.7 Å². The Kier molecular flexibility index (Phi) is 6.85. The summed E-state index contributed by atoms with van der Waals surface area (Å²) in [6.07, 6.45) is -1.10. The predicted octanol–water partition coefficient (Wildman–Crippen LogP) is 5.84. The number of para-hydroxylation sites is 1. The van der Waals surface area contributed by atoms with Crippen LogP contribution in [0.4, 0.5) is 5.69 Å². The Morgan fingerprint density at radius 3 is 2.50 bits per heavy atom. The van der Waals surface area contributed by atoms with Gasteiger partial charge in [-0.2, -0.15) is 5.10 Å². The van der Waals surface area contributed by atoms with Crippen molar-refractivity contribution < 1.29 is 19.1 Å². The van der Waals surface area contributed by atoms with Crippen LogP contribution >= 0.6 is 11.3 Å². The predicted molar refractivity (Wildman–Crippen MR) is 147 cm³/mol. The molecular formula is C29H24N4O4S. The van der Waals surface area contributed by atoms with Gasteiger partial charge in [-0.05, 0) is 62.5 Å². The fourth-order valence-electron chi connectivity index (χ4n) is 4.09. The number of hydrogen-bond donors (Lipinski definition) is 1. The van der Waals surface area contributed by atoms with Crippen LogP contribution in [0.2, 0.25) is 0 Å². The molecule has 1 atom stereocenters. The van der Waals surface area contributed by atoms with Gasteiger partial charge < -0.3 is 10.1 Å². The Hall–Kier alpha value is -4.63. The van der Waals surface area contributed by atoms with Gasteiger partial charge in [0.15, 0.2) is 17.5 Å². The number of thiophene rings is 1. The number of anilines is 1. The largest absolute Gasteiger partial charge is 0.449 e. The van der Waals surface area contributed by atoms with E-state index >= 15 is 0 Å². The maximum atomic E-state index is 13.5. The lowest BCUT2D eigenvalue weighted by Gasteiger charge is -2.15. The highest BCUT2D eigenvalue weighted by molar-refractivity contribution is 7.13. The van der Waals surface area contributed by atoms with Gasteiger partial charge in [0, 0.05) is 11.3 Å². The molecule has 0 fully saturated rings. The van der Waals surface area contributed by atoms with E-state index in [-0.39, 0.29) is 11.3 Å². The third kappa shape index (κ3) is 4.96. The first-order chi connectivity index (χ1) is 18.3. The molecule has 0 aliphatic carbocycles. The Morgan fingerprint density at radius 2 is 1.79 bits per heavy atom. The summed E-state index contributed by atoms with van der Waals surface area (Å²) in [5.74, 6) is -1.29. The maximum Gasteiger partial charge on any atom is 0.339 e. The molecule has 3 aromatic heterocycles. The number of nitrogens with one attached hydrogen (secondary N) is 1. The third-order valence-electron chi connectivity index (χ3n) is 6.00. The van der Waals surface area contributed by atoms with Crippen LogP contribution in [0, 0.1) is 6.92 Å².